The summed E-state index contributed by atoms with van der Waals surface area (Å²) >= 11 is 0. The third kappa shape index (κ3) is 2.29. The van der Waals surface area contributed by atoms with E-state index in [4.69, 9.17) is 0 Å². The highest BCUT2D eigenvalue weighted by atomic mass is 19.1. The highest BCUT2D eigenvalue weighted by Gasteiger charge is 2.55. The predicted octanol–water partition coefficient (Wildman–Crippen LogP) is 1.32. The first-order valence-electron chi connectivity index (χ1n) is 8.09. The molecule has 3 fully saturated rings. The second kappa shape index (κ2) is 4.97. The van der Waals surface area contributed by atoms with Crippen molar-refractivity contribution in [1.82, 2.24) is 14.9 Å². The fourth-order valence-electron chi connectivity index (χ4n) is 3.71. The van der Waals surface area contributed by atoms with Gasteiger partial charge >= 0.3 is 0 Å². The molecule has 3 aliphatic rings. The number of piperidine rings is 1. The summed E-state index contributed by atoms with van der Waals surface area (Å²) in [5.74, 6) is -0.299. The van der Waals surface area contributed by atoms with Crippen molar-refractivity contribution < 1.29 is 14.0 Å². The number of rotatable bonds is 2. The molecule has 23 heavy (non-hydrogen) atoms. The van der Waals surface area contributed by atoms with Gasteiger partial charge in [0.1, 0.15) is 6.33 Å². The quantitative estimate of drug-likeness (QED) is 0.825. The van der Waals surface area contributed by atoms with Gasteiger partial charge in [-0.2, -0.15) is 0 Å². The van der Waals surface area contributed by atoms with E-state index < -0.39 is 11.1 Å². The van der Waals surface area contributed by atoms with E-state index in [9.17, 15) is 14.0 Å². The van der Waals surface area contributed by atoms with Gasteiger partial charge in [-0.3, -0.25) is 9.59 Å². The van der Waals surface area contributed by atoms with Crippen molar-refractivity contribution in [3.8, 4) is 0 Å². The zero-order valence-electron chi connectivity index (χ0n) is 12.9. The van der Waals surface area contributed by atoms with Crippen LogP contribution >= 0.6 is 0 Å². The van der Waals surface area contributed by atoms with Crippen LogP contribution in [0.25, 0.3) is 0 Å². The summed E-state index contributed by atoms with van der Waals surface area (Å²) in [5, 5.41) is 0. The number of anilines is 1. The second-order valence-electron chi connectivity index (χ2n) is 6.84. The fraction of sp³-hybridized carbons (Fsp3) is 0.625. The molecule has 0 atom stereocenters. The highest BCUT2D eigenvalue weighted by molar-refractivity contribution is 6.00. The van der Waals surface area contributed by atoms with Crippen molar-refractivity contribution in [2.45, 2.75) is 37.8 Å². The lowest BCUT2D eigenvalue weighted by molar-refractivity contribution is -0.143. The number of likely N-dealkylation sites (tertiary alicyclic amines) is 1. The van der Waals surface area contributed by atoms with Gasteiger partial charge < -0.3 is 9.80 Å². The van der Waals surface area contributed by atoms with Crippen LogP contribution in [0.5, 0.6) is 0 Å². The minimum atomic E-state index is -1.61. The first-order valence-corrected chi connectivity index (χ1v) is 8.09. The van der Waals surface area contributed by atoms with Crippen LogP contribution in [0.4, 0.5) is 10.1 Å². The third-order valence-corrected chi connectivity index (χ3v) is 5.45. The molecule has 1 saturated carbocycles. The van der Waals surface area contributed by atoms with Gasteiger partial charge in [0.05, 0.1) is 23.5 Å². The lowest BCUT2D eigenvalue weighted by Crippen LogP contribution is -2.49. The number of halogens is 1. The van der Waals surface area contributed by atoms with Crippen LogP contribution in [-0.2, 0) is 9.59 Å². The first kappa shape index (κ1) is 14.5. The normalized spacial score (nSPS) is 25.0. The van der Waals surface area contributed by atoms with Gasteiger partial charge in [-0.25, -0.2) is 14.4 Å². The fourth-order valence-corrected chi connectivity index (χ4v) is 3.71. The Morgan fingerprint density at radius 1 is 1.04 bits per heavy atom. The number of amides is 2. The monoisotopic (exact) mass is 318 g/mol. The topological polar surface area (TPSA) is 66.4 Å². The molecule has 122 valence electrons. The summed E-state index contributed by atoms with van der Waals surface area (Å²) in [7, 11) is 0. The smallest absolute Gasteiger partial charge is 0.260 e. The van der Waals surface area contributed by atoms with E-state index in [2.05, 4.69) is 9.97 Å². The van der Waals surface area contributed by atoms with Gasteiger partial charge in [0, 0.05) is 19.6 Å². The van der Waals surface area contributed by atoms with Crippen molar-refractivity contribution in [3.05, 3.63) is 18.7 Å². The average molecular weight is 318 g/mol. The maximum absolute atomic E-state index is 13.9. The standard InChI is InChI=1S/C16H19FN4O2/c17-16(1-2-16)14(23)20-6-3-15(4-7-20)5-8-21(13(15)22)12-9-18-11-19-10-12/h9-11H,1-8H2. The Labute approximate surface area is 133 Å². The Kier molecular flexibility index (Phi) is 3.14. The SMILES string of the molecule is O=C(N1CCC2(CC1)CCN(c1cncnc1)C2=O)C1(F)CC1. The van der Waals surface area contributed by atoms with E-state index in [1.807, 2.05) is 0 Å². The van der Waals surface area contributed by atoms with Gasteiger partial charge in [0.25, 0.3) is 5.91 Å². The Balaban J connectivity index is 1.45. The summed E-state index contributed by atoms with van der Waals surface area (Å²) in [6.45, 7) is 1.58. The number of hydrogen-bond donors (Lipinski definition) is 0. The molecule has 7 heteroatoms. The van der Waals surface area contributed by atoms with Gasteiger partial charge in [0.15, 0.2) is 5.67 Å². The molecule has 1 aliphatic carbocycles. The number of carbonyl (C=O) groups is 2. The maximum Gasteiger partial charge on any atom is 0.260 e. The number of nitrogens with zero attached hydrogens (tertiary/aromatic N) is 4. The summed E-state index contributed by atoms with van der Waals surface area (Å²) in [6.07, 6.45) is 7.39. The summed E-state index contributed by atoms with van der Waals surface area (Å²) in [5.41, 5.74) is -1.31. The molecule has 0 N–H and O–H groups in total. The molecule has 1 aromatic rings. The van der Waals surface area contributed by atoms with Crippen molar-refractivity contribution >= 4 is 17.5 Å². The van der Waals surface area contributed by atoms with Crippen molar-refractivity contribution in [1.29, 1.82) is 0 Å². The van der Waals surface area contributed by atoms with Gasteiger partial charge in [-0.15, -0.1) is 0 Å². The highest BCUT2D eigenvalue weighted by Crippen LogP contribution is 2.46. The molecular formula is C16H19FN4O2. The van der Waals surface area contributed by atoms with Crippen LogP contribution in [0.2, 0.25) is 0 Å². The van der Waals surface area contributed by atoms with Crippen LogP contribution in [0.3, 0.4) is 0 Å². The van der Waals surface area contributed by atoms with E-state index >= 15 is 0 Å². The number of hydrogen-bond acceptors (Lipinski definition) is 4. The molecule has 0 bridgehead atoms. The van der Waals surface area contributed by atoms with Crippen LogP contribution in [0.15, 0.2) is 18.7 Å². The number of carbonyl (C=O) groups excluding carboxylic acids is 2. The predicted molar refractivity (Wildman–Crippen MR) is 80.3 cm³/mol. The molecule has 1 spiro atoms. The number of aromatic nitrogens is 2. The first-order chi connectivity index (χ1) is 11.0. The van der Waals surface area contributed by atoms with E-state index in [-0.39, 0.29) is 11.8 Å². The van der Waals surface area contributed by atoms with Crippen LogP contribution in [0, 0.1) is 5.41 Å². The van der Waals surface area contributed by atoms with Crippen molar-refractivity contribution in [2.75, 3.05) is 24.5 Å². The van der Waals surface area contributed by atoms with Gasteiger partial charge in [-0.1, -0.05) is 0 Å². The Morgan fingerprint density at radius 3 is 2.26 bits per heavy atom. The molecule has 2 aliphatic heterocycles. The third-order valence-electron chi connectivity index (χ3n) is 5.45. The zero-order chi connectivity index (χ0) is 16.1. The second-order valence-corrected chi connectivity index (χ2v) is 6.84. The molecule has 2 saturated heterocycles. The summed E-state index contributed by atoms with van der Waals surface area (Å²) in [4.78, 5) is 36.2. The van der Waals surface area contributed by atoms with E-state index in [1.165, 1.54) is 6.33 Å². The largest absolute Gasteiger partial charge is 0.340 e. The average Bonchev–Trinajstić information content (AvgIpc) is 3.27. The molecule has 6 nitrogen and oxygen atoms in total. The van der Waals surface area contributed by atoms with Gasteiger partial charge in [0.2, 0.25) is 5.91 Å². The van der Waals surface area contributed by atoms with E-state index in [1.54, 1.807) is 22.2 Å². The minimum absolute atomic E-state index is 0.0841. The van der Waals surface area contributed by atoms with Crippen molar-refractivity contribution in [3.63, 3.8) is 0 Å². The zero-order valence-corrected chi connectivity index (χ0v) is 12.9. The maximum atomic E-state index is 13.9. The minimum Gasteiger partial charge on any atom is -0.340 e. The van der Waals surface area contributed by atoms with E-state index in [0.29, 0.717) is 51.0 Å². The lowest BCUT2D eigenvalue weighted by Gasteiger charge is -2.38. The van der Waals surface area contributed by atoms with Crippen LogP contribution in [0.1, 0.15) is 32.1 Å². The van der Waals surface area contributed by atoms with Crippen LogP contribution in [-0.4, -0.2) is 52.0 Å². The Bertz CT molecular complexity index is 639. The summed E-state index contributed by atoms with van der Waals surface area (Å²) in [6, 6.07) is 0. The van der Waals surface area contributed by atoms with E-state index in [0.717, 1.165) is 6.42 Å². The molecule has 2 amide bonds. The summed E-state index contributed by atoms with van der Waals surface area (Å²) < 4.78 is 13.9. The van der Waals surface area contributed by atoms with Crippen molar-refractivity contribution in [2.24, 2.45) is 5.41 Å². The molecular weight excluding hydrogens is 299 g/mol. The molecule has 1 aromatic heterocycles. The molecule has 4 rings (SSSR count). The number of alkyl halides is 1. The molecule has 3 heterocycles. The Morgan fingerprint density at radius 2 is 1.65 bits per heavy atom. The molecule has 0 aromatic carbocycles. The molecule has 0 unspecified atom stereocenters. The molecule has 0 radical (unpaired) electrons. The lowest BCUT2D eigenvalue weighted by atomic mass is 9.77. The van der Waals surface area contributed by atoms with Crippen LogP contribution < -0.4 is 4.90 Å². The van der Waals surface area contributed by atoms with Gasteiger partial charge in [-0.05, 0) is 32.1 Å². The Hall–Kier alpha value is -2.05.